The summed E-state index contributed by atoms with van der Waals surface area (Å²) in [5.74, 6) is 6.56. The van der Waals surface area contributed by atoms with Gasteiger partial charge in [-0.2, -0.15) is 0 Å². The molecule has 0 spiro atoms. The number of likely N-dealkylation sites (tertiary alicyclic amines) is 2. The second kappa shape index (κ2) is 16.1. The summed E-state index contributed by atoms with van der Waals surface area (Å²) < 4.78 is 9.69. The summed E-state index contributed by atoms with van der Waals surface area (Å²) in [6, 6.07) is 11.9. The maximum Gasteiger partial charge on any atom is 0.407 e. The normalized spacial score (nSPS) is 24.8. The van der Waals surface area contributed by atoms with Crippen LogP contribution in [0.3, 0.4) is 0 Å². The van der Waals surface area contributed by atoms with Crippen molar-refractivity contribution in [3.63, 3.8) is 0 Å². The van der Waals surface area contributed by atoms with Gasteiger partial charge in [0, 0.05) is 59.8 Å². The van der Waals surface area contributed by atoms with Crippen LogP contribution in [0, 0.1) is 41.4 Å². The number of hydrogen-bond acceptors (Lipinski definition) is 8. The van der Waals surface area contributed by atoms with E-state index in [-0.39, 0.29) is 54.2 Å². The largest absolute Gasteiger partial charge is 0.469 e. The lowest BCUT2D eigenvalue weighted by atomic mass is 9.90. The molecule has 11 nitrogen and oxygen atoms in total. The fraction of sp³-hybridized carbons (Fsp3) is 0.511. The van der Waals surface area contributed by atoms with Gasteiger partial charge in [0.2, 0.25) is 11.8 Å². The number of rotatable bonds is 10. The van der Waals surface area contributed by atoms with E-state index in [0.717, 1.165) is 63.9 Å². The van der Waals surface area contributed by atoms with Crippen molar-refractivity contribution < 1.29 is 28.7 Å². The standard InChI is InChI=1S/C45H53N5O6/c1-25(2)34(22-41(51)55-6)43(52)49-24-27(5)16-39(49)36-15-14-35(47-36)32-13-12-30-17-28(10-11-31(30)19-32)8-9-29-18-37(46-23-29)40-21-33-20-38(33)50(40)44(53)42(26(3)4)48-45(54)56-7/h10-14,17,19,23,25-27,33-34,38-40,42H,15-16,18,20-22,24H2,1-7H3,(H,48,54)/t27-,33+,34-,38+,39-,40-,42-/m0/s1. The highest BCUT2D eigenvalue weighted by Gasteiger charge is 2.56. The first-order valence-electron chi connectivity index (χ1n) is 20.0. The number of piperidine rings is 1. The maximum absolute atomic E-state index is 13.8. The summed E-state index contributed by atoms with van der Waals surface area (Å²) in [7, 11) is 2.67. The lowest BCUT2D eigenvalue weighted by Gasteiger charge is -2.33. The van der Waals surface area contributed by atoms with Gasteiger partial charge in [0.15, 0.2) is 0 Å². The number of carbonyl (C=O) groups excluding carboxylic acids is 4. The third-order valence-corrected chi connectivity index (χ3v) is 12.1. The number of alkyl carbamates (subject to hydrolysis) is 1. The van der Waals surface area contributed by atoms with E-state index >= 15 is 0 Å². The van der Waals surface area contributed by atoms with Crippen LogP contribution in [0.25, 0.3) is 16.5 Å². The topological polar surface area (TPSA) is 130 Å². The molecule has 1 N–H and O–H groups in total. The Morgan fingerprint density at radius 3 is 2.39 bits per heavy atom. The number of allylic oxidation sites excluding steroid dienone is 2. The fourth-order valence-electron chi connectivity index (χ4n) is 8.82. The maximum atomic E-state index is 13.8. The average Bonchev–Trinajstić information content (AvgIpc) is 3.66. The number of ether oxygens (including phenoxy) is 2. The molecule has 11 heteroatoms. The van der Waals surface area contributed by atoms with Gasteiger partial charge in [-0.25, -0.2) is 4.79 Å². The Kier molecular flexibility index (Phi) is 11.2. The highest BCUT2D eigenvalue weighted by atomic mass is 16.5. The number of esters is 1. The minimum absolute atomic E-state index is 0.00703. The number of methoxy groups -OCH3 is 2. The predicted molar refractivity (Wildman–Crippen MR) is 217 cm³/mol. The summed E-state index contributed by atoms with van der Waals surface area (Å²) in [5.41, 5.74) is 5.71. The van der Waals surface area contributed by atoms with Crippen LogP contribution in [0.5, 0.6) is 0 Å². The molecular weight excluding hydrogens is 707 g/mol. The number of nitrogens with zero attached hydrogens (tertiary/aromatic N) is 4. The van der Waals surface area contributed by atoms with Gasteiger partial charge in [-0.1, -0.05) is 70.7 Å². The average molecular weight is 760 g/mol. The van der Waals surface area contributed by atoms with Gasteiger partial charge in [0.05, 0.1) is 44.3 Å². The van der Waals surface area contributed by atoms with Crippen molar-refractivity contribution in [2.45, 2.75) is 97.3 Å². The Labute approximate surface area is 329 Å². The van der Waals surface area contributed by atoms with E-state index < -0.39 is 18.1 Å². The molecule has 2 aromatic rings. The van der Waals surface area contributed by atoms with Crippen LogP contribution in [0.15, 0.2) is 64.2 Å². The Balaban J connectivity index is 0.995. The second-order valence-electron chi connectivity index (χ2n) is 16.8. The van der Waals surface area contributed by atoms with Crippen molar-refractivity contribution in [3.05, 3.63) is 65.4 Å². The van der Waals surface area contributed by atoms with Gasteiger partial charge in [0.1, 0.15) is 6.04 Å². The third kappa shape index (κ3) is 8.02. The van der Waals surface area contributed by atoms with Crippen molar-refractivity contribution in [2.75, 3.05) is 20.8 Å². The Bertz CT molecular complexity index is 2120. The lowest BCUT2D eigenvalue weighted by molar-refractivity contribution is -0.148. The van der Waals surface area contributed by atoms with E-state index in [2.05, 4.69) is 60.5 Å². The van der Waals surface area contributed by atoms with Crippen LogP contribution in [-0.2, 0) is 23.9 Å². The summed E-state index contributed by atoms with van der Waals surface area (Å²) >= 11 is 0. The molecule has 0 unspecified atom stereocenters. The Morgan fingerprint density at radius 1 is 0.893 bits per heavy atom. The molecule has 0 bridgehead atoms. The van der Waals surface area contributed by atoms with E-state index in [1.807, 2.05) is 49.8 Å². The molecule has 2 saturated heterocycles. The van der Waals surface area contributed by atoms with Gasteiger partial charge in [-0.15, -0.1) is 0 Å². The molecule has 1 aliphatic carbocycles. The highest BCUT2D eigenvalue weighted by Crippen LogP contribution is 2.49. The molecule has 0 radical (unpaired) electrons. The van der Waals surface area contributed by atoms with Crippen LogP contribution >= 0.6 is 0 Å². The van der Waals surface area contributed by atoms with Crippen molar-refractivity contribution in [1.82, 2.24) is 15.1 Å². The molecule has 3 fully saturated rings. The zero-order valence-corrected chi connectivity index (χ0v) is 33.5. The van der Waals surface area contributed by atoms with E-state index in [9.17, 15) is 19.2 Å². The highest BCUT2D eigenvalue weighted by molar-refractivity contribution is 6.03. The molecule has 7 rings (SSSR count). The number of carbonyl (C=O) groups is 4. The number of benzene rings is 2. The first kappa shape index (κ1) is 39.0. The lowest BCUT2D eigenvalue weighted by Crippen LogP contribution is -2.54. The van der Waals surface area contributed by atoms with Gasteiger partial charge >= 0.3 is 12.1 Å². The summed E-state index contributed by atoms with van der Waals surface area (Å²) in [4.78, 5) is 65.4. The molecular formula is C45H53N5O6. The molecule has 4 aliphatic heterocycles. The van der Waals surface area contributed by atoms with Gasteiger partial charge < -0.3 is 24.6 Å². The van der Waals surface area contributed by atoms with E-state index in [1.165, 1.54) is 14.2 Å². The molecule has 1 saturated carbocycles. The minimum atomic E-state index is -0.657. The number of hydrogen-bond donors (Lipinski definition) is 1. The first-order chi connectivity index (χ1) is 26.8. The molecule has 56 heavy (non-hydrogen) atoms. The number of fused-ring (bicyclic) bond motifs is 2. The number of nitrogens with one attached hydrogen (secondary N) is 1. The van der Waals surface area contributed by atoms with Gasteiger partial charge in [-0.05, 0) is 71.9 Å². The van der Waals surface area contributed by atoms with Gasteiger partial charge in [-0.3, -0.25) is 24.4 Å². The third-order valence-electron chi connectivity index (χ3n) is 12.1. The monoisotopic (exact) mass is 759 g/mol. The van der Waals surface area contributed by atoms with Crippen LogP contribution in [0.1, 0.15) is 84.3 Å². The van der Waals surface area contributed by atoms with Gasteiger partial charge in [0.25, 0.3) is 0 Å². The number of aliphatic imine (C=N–C) groups is 2. The zero-order chi connectivity index (χ0) is 39.8. The van der Waals surface area contributed by atoms with Crippen LogP contribution in [-0.4, -0.2) is 90.0 Å². The predicted octanol–water partition coefficient (Wildman–Crippen LogP) is 6.55. The van der Waals surface area contributed by atoms with Crippen LogP contribution in [0.2, 0.25) is 0 Å². The summed E-state index contributed by atoms with van der Waals surface area (Å²) in [6.45, 7) is 10.6. The second-order valence-corrected chi connectivity index (χ2v) is 16.8. The van der Waals surface area contributed by atoms with Crippen molar-refractivity contribution in [3.8, 4) is 11.8 Å². The van der Waals surface area contributed by atoms with Crippen molar-refractivity contribution in [2.24, 2.45) is 39.6 Å². The first-order valence-corrected chi connectivity index (χ1v) is 20.0. The van der Waals surface area contributed by atoms with E-state index in [0.29, 0.717) is 31.2 Å². The van der Waals surface area contributed by atoms with E-state index in [4.69, 9.17) is 19.5 Å². The molecule has 4 heterocycles. The smallest absolute Gasteiger partial charge is 0.407 e. The Hall–Kier alpha value is -5.24. The summed E-state index contributed by atoms with van der Waals surface area (Å²) in [5, 5.41) is 4.90. The fourth-order valence-corrected chi connectivity index (χ4v) is 8.82. The van der Waals surface area contributed by atoms with E-state index in [1.54, 1.807) is 0 Å². The number of amides is 3. The van der Waals surface area contributed by atoms with Crippen molar-refractivity contribution in [1.29, 1.82) is 0 Å². The van der Waals surface area contributed by atoms with Crippen molar-refractivity contribution >= 4 is 51.8 Å². The summed E-state index contributed by atoms with van der Waals surface area (Å²) in [6.07, 6.45) is 7.48. The van der Waals surface area contributed by atoms with Crippen LogP contribution in [0.4, 0.5) is 4.79 Å². The minimum Gasteiger partial charge on any atom is -0.469 e. The molecule has 0 aromatic heterocycles. The Morgan fingerprint density at radius 2 is 1.66 bits per heavy atom. The zero-order valence-electron chi connectivity index (χ0n) is 33.5. The molecule has 5 aliphatic rings. The SMILES string of the molecule is COC(=O)C[C@H](C(=O)N1C[C@@H](C)C[C@H]1C1=NC(c2ccc3cc(C#CC4=CN=C([C@@H]5C[C@H]6C[C@H]6N5C(=O)[C@@H](NC(=O)OC)C(C)C)C4)ccc3c2)=CC1)C(C)C. The molecule has 294 valence electrons. The molecule has 7 atom stereocenters. The van der Waals surface area contributed by atoms with Crippen LogP contribution < -0.4 is 5.32 Å². The quantitative estimate of drug-likeness (QED) is 0.216. The molecule has 3 amide bonds. The molecule has 2 aromatic carbocycles.